The molecule has 1 aromatic heterocycles. The van der Waals surface area contributed by atoms with Crippen LogP contribution in [0.1, 0.15) is 51.2 Å². The minimum atomic E-state index is -0.949. The smallest absolute Gasteiger partial charge is 0.317 e. The third kappa shape index (κ3) is 9.75. The maximum absolute atomic E-state index is 11.1. The van der Waals surface area contributed by atoms with Gasteiger partial charge in [0, 0.05) is 80.2 Å². The predicted octanol–water partition coefficient (Wildman–Crippen LogP) is 2.91. The number of carboxylic acids is 2. The summed E-state index contributed by atoms with van der Waals surface area (Å²) in [5.74, 6) is -1.53. The molecule has 6 N–H and O–H groups in total. The van der Waals surface area contributed by atoms with Gasteiger partial charge in [0.2, 0.25) is 0 Å². The number of aromatic hydroxyl groups is 2. The number of rotatable bonds is 12. The first-order chi connectivity index (χ1) is 21.1. The van der Waals surface area contributed by atoms with Gasteiger partial charge in [-0.2, -0.15) is 0 Å². The molecular formula is C33H43N5O6. The molecule has 11 nitrogen and oxygen atoms in total. The molecule has 11 heteroatoms. The Morgan fingerprint density at radius 3 is 1.82 bits per heavy atom. The van der Waals surface area contributed by atoms with E-state index in [0.717, 1.165) is 66.1 Å². The van der Waals surface area contributed by atoms with Crippen molar-refractivity contribution in [1.82, 2.24) is 25.4 Å². The number of carboxylic acid groups (broad SMARTS) is 2. The number of nitrogens with one attached hydrogen (secondary N) is 2. The molecule has 2 heterocycles. The molecule has 0 saturated heterocycles. The highest BCUT2D eigenvalue weighted by Crippen LogP contribution is 2.28. The van der Waals surface area contributed by atoms with Crippen LogP contribution in [0.4, 0.5) is 0 Å². The Balaban J connectivity index is 1.51. The first kappa shape index (κ1) is 32.9. The van der Waals surface area contributed by atoms with Crippen molar-refractivity contribution in [3.63, 3.8) is 0 Å². The fraction of sp³-hybridized carbons (Fsp3) is 0.424. The second-order valence-corrected chi connectivity index (χ2v) is 11.6. The Hall–Kier alpha value is -4.03. The zero-order chi connectivity index (χ0) is 31.6. The van der Waals surface area contributed by atoms with E-state index >= 15 is 0 Å². The van der Waals surface area contributed by atoms with Crippen LogP contribution in [0.15, 0.2) is 42.5 Å². The average Bonchev–Trinajstić information content (AvgIpc) is 2.97. The van der Waals surface area contributed by atoms with Gasteiger partial charge >= 0.3 is 11.9 Å². The second-order valence-electron chi connectivity index (χ2n) is 11.6. The summed E-state index contributed by atoms with van der Waals surface area (Å²) in [4.78, 5) is 31.4. The van der Waals surface area contributed by atoms with Crippen molar-refractivity contribution >= 4 is 11.9 Å². The van der Waals surface area contributed by atoms with E-state index < -0.39 is 11.9 Å². The SMILES string of the molecule is Cc1cc(CNCC(=O)O)c(O)c(CN2CCCN(Cc3cc(C)cc(CNCC(=O)O)c3O)Cc3cccc(n3)CC2)c1. The number of aryl methyl sites for hydroxylation is 2. The van der Waals surface area contributed by atoms with Crippen molar-refractivity contribution in [3.05, 3.63) is 87.2 Å². The number of pyridine rings is 1. The molecule has 0 fully saturated rings. The largest absolute Gasteiger partial charge is 0.507 e. The van der Waals surface area contributed by atoms with Gasteiger partial charge in [0.1, 0.15) is 11.5 Å². The minimum Gasteiger partial charge on any atom is -0.507 e. The molecule has 0 saturated carbocycles. The predicted molar refractivity (Wildman–Crippen MR) is 166 cm³/mol. The normalized spacial score (nSPS) is 14.7. The van der Waals surface area contributed by atoms with Gasteiger partial charge in [-0.15, -0.1) is 0 Å². The standard InChI is InChI=1S/C33H43N5O6/c1-22-11-24(15-34-17-30(39)40)32(43)26(13-22)19-37-8-4-9-38(21-29-6-3-5-28(36-29)7-10-37)20-27-14-23(2)12-25(33(27)44)16-35-18-31(41)42/h3,5-6,11-14,34-35,43-44H,4,7-10,15-21H2,1-2H3,(H,39,40)(H,41,42). The van der Waals surface area contributed by atoms with Crippen LogP contribution < -0.4 is 10.6 Å². The summed E-state index contributed by atoms with van der Waals surface area (Å²) >= 11 is 0. The lowest BCUT2D eigenvalue weighted by Gasteiger charge is -2.26. The molecule has 0 radical (unpaired) electrons. The molecule has 0 aliphatic carbocycles. The van der Waals surface area contributed by atoms with Crippen LogP contribution in [0.25, 0.3) is 0 Å². The first-order valence-corrected chi connectivity index (χ1v) is 14.9. The number of benzene rings is 2. The van der Waals surface area contributed by atoms with Gasteiger partial charge in [-0.05, 0) is 38.9 Å². The Morgan fingerprint density at radius 1 is 0.750 bits per heavy atom. The van der Waals surface area contributed by atoms with E-state index in [9.17, 15) is 19.8 Å². The van der Waals surface area contributed by atoms with E-state index in [-0.39, 0.29) is 37.7 Å². The van der Waals surface area contributed by atoms with Crippen molar-refractivity contribution in [3.8, 4) is 11.5 Å². The van der Waals surface area contributed by atoms with Crippen LogP contribution in [-0.4, -0.2) is 79.9 Å². The first-order valence-electron chi connectivity index (χ1n) is 14.9. The highest BCUT2D eigenvalue weighted by Gasteiger charge is 2.18. The fourth-order valence-electron chi connectivity index (χ4n) is 5.73. The van der Waals surface area contributed by atoms with Crippen molar-refractivity contribution in [1.29, 1.82) is 0 Å². The lowest BCUT2D eigenvalue weighted by Crippen LogP contribution is -2.30. The number of carbonyl (C=O) groups is 2. The summed E-state index contributed by atoms with van der Waals surface area (Å²) in [5.41, 5.74) is 6.88. The molecule has 1 aliphatic rings. The molecular weight excluding hydrogens is 562 g/mol. The van der Waals surface area contributed by atoms with Crippen molar-refractivity contribution in [2.75, 3.05) is 32.7 Å². The third-order valence-electron chi connectivity index (χ3n) is 7.68. The number of hydrogen-bond acceptors (Lipinski definition) is 9. The molecule has 2 aromatic carbocycles. The molecule has 3 aromatic rings. The van der Waals surface area contributed by atoms with E-state index in [0.29, 0.717) is 30.8 Å². The number of aromatic nitrogens is 1. The van der Waals surface area contributed by atoms with Gasteiger partial charge in [-0.1, -0.05) is 41.5 Å². The maximum atomic E-state index is 11.1. The number of aliphatic carboxylic acids is 2. The Bertz CT molecular complexity index is 1460. The van der Waals surface area contributed by atoms with Crippen LogP contribution >= 0.6 is 0 Å². The van der Waals surface area contributed by atoms with Gasteiger partial charge in [-0.3, -0.25) is 24.4 Å². The number of fused-ring (bicyclic) bond motifs is 2. The molecule has 0 amide bonds. The number of phenols is 2. The Kier molecular flexibility index (Phi) is 11.7. The molecule has 0 spiro atoms. The Morgan fingerprint density at radius 2 is 1.25 bits per heavy atom. The number of phenolic OH excluding ortho intramolecular Hbond substituents is 2. The summed E-state index contributed by atoms with van der Waals surface area (Å²) in [6.07, 6.45) is 1.62. The van der Waals surface area contributed by atoms with E-state index in [2.05, 4.69) is 20.4 Å². The van der Waals surface area contributed by atoms with Gasteiger partial charge < -0.3 is 31.1 Å². The summed E-state index contributed by atoms with van der Waals surface area (Å²) in [6.45, 7) is 8.09. The summed E-state index contributed by atoms with van der Waals surface area (Å²) in [6, 6.07) is 13.8. The molecule has 44 heavy (non-hydrogen) atoms. The second kappa shape index (κ2) is 15.6. The molecule has 4 rings (SSSR count). The summed E-state index contributed by atoms with van der Waals surface area (Å²) in [5, 5.41) is 45.8. The quantitative estimate of drug-likeness (QED) is 0.180. The van der Waals surface area contributed by atoms with Crippen LogP contribution in [0.2, 0.25) is 0 Å². The number of nitrogens with zero attached hydrogens (tertiary/aromatic N) is 3. The van der Waals surface area contributed by atoms with E-state index in [1.54, 1.807) is 0 Å². The third-order valence-corrected chi connectivity index (χ3v) is 7.68. The van der Waals surface area contributed by atoms with Crippen LogP contribution in [0.3, 0.4) is 0 Å². The van der Waals surface area contributed by atoms with Crippen LogP contribution in [0, 0.1) is 13.8 Å². The Labute approximate surface area is 258 Å². The zero-order valence-electron chi connectivity index (χ0n) is 25.5. The monoisotopic (exact) mass is 605 g/mol. The van der Waals surface area contributed by atoms with E-state index in [1.165, 1.54) is 0 Å². The van der Waals surface area contributed by atoms with Gasteiger partial charge in [0.05, 0.1) is 18.8 Å². The number of hydrogen-bond donors (Lipinski definition) is 6. The molecule has 1 aliphatic heterocycles. The van der Waals surface area contributed by atoms with Crippen LogP contribution in [0.5, 0.6) is 11.5 Å². The fourth-order valence-corrected chi connectivity index (χ4v) is 5.73. The van der Waals surface area contributed by atoms with E-state index in [4.69, 9.17) is 15.2 Å². The molecule has 236 valence electrons. The average molecular weight is 606 g/mol. The van der Waals surface area contributed by atoms with Crippen molar-refractivity contribution < 1.29 is 30.0 Å². The molecule has 2 bridgehead atoms. The molecule has 0 unspecified atom stereocenters. The van der Waals surface area contributed by atoms with Crippen molar-refractivity contribution in [2.45, 2.75) is 59.4 Å². The molecule has 0 atom stereocenters. The lowest BCUT2D eigenvalue weighted by atomic mass is 10.0. The van der Waals surface area contributed by atoms with Crippen molar-refractivity contribution in [2.24, 2.45) is 0 Å². The van der Waals surface area contributed by atoms with Gasteiger partial charge in [0.15, 0.2) is 0 Å². The van der Waals surface area contributed by atoms with Crippen LogP contribution in [-0.2, 0) is 48.7 Å². The van der Waals surface area contributed by atoms with E-state index in [1.807, 2.05) is 56.3 Å². The highest BCUT2D eigenvalue weighted by molar-refractivity contribution is 5.69. The topological polar surface area (TPSA) is 158 Å². The van der Waals surface area contributed by atoms with Gasteiger partial charge in [0.25, 0.3) is 0 Å². The lowest BCUT2D eigenvalue weighted by molar-refractivity contribution is -0.137. The minimum absolute atomic E-state index is 0.176. The highest BCUT2D eigenvalue weighted by atomic mass is 16.4. The summed E-state index contributed by atoms with van der Waals surface area (Å²) < 4.78 is 0. The summed E-state index contributed by atoms with van der Waals surface area (Å²) in [7, 11) is 0. The van der Waals surface area contributed by atoms with Gasteiger partial charge in [-0.25, -0.2) is 0 Å². The maximum Gasteiger partial charge on any atom is 0.317 e. The zero-order valence-corrected chi connectivity index (χ0v) is 25.5.